The molecule has 0 amide bonds. The van der Waals surface area contributed by atoms with E-state index in [1.54, 1.807) is 6.07 Å². The van der Waals surface area contributed by atoms with Crippen LogP contribution in [0.4, 0.5) is 4.39 Å². The highest BCUT2D eigenvalue weighted by atomic mass is 32.2. The molecule has 0 aliphatic heterocycles. The van der Waals surface area contributed by atoms with E-state index in [0.717, 1.165) is 6.26 Å². The molecule has 18 heavy (non-hydrogen) atoms. The lowest BCUT2D eigenvalue weighted by Crippen LogP contribution is -2.16. The minimum atomic E-state index is -3.48. The minimum Gasteiger partial charge on any atom is -0.395 e. The Morgan fingerprint density at radius 2 is 2.22 bits per heavy atom. The van der Waals surface area contributed by atoms with Crippen LogP contribution in [0.1, 0.15) is 11.5 Å². The van der Waals surface area contributed by atoms with Crippen molar-refractivity contribution in [3.05, 3.63) is 35.6 Å². The highest BCUT2D eigenvalue weighted by Crippen LogP contribution is 2.62. The lowest BCUT2D eigenvalue weighted by molar-refractivity contribution is 0.242. The topological polar surface area (TPSA) is 78.2 Å². The minimum absolute atomic E-state index is 0.432. The number of hydrogen-bond acceptors (Lipinski definition) is 4. The van der Waals surface area contributed by atoms with Crippen LogP contribution in [0.25, 0.3) is 0 Å². The molecular weight excluding hydrogens is 257 g/mol. The average Bonchev–Trinajstić information content (AvgIpc) is 2.98. The first-order chi connectivity index (χ1) is 8.36. The monoisotopic (exact) mass is 269 g/mol. The summed E-state index contributed by atoms with van der Waals surface area (Å²) in [4.78, 5) is 0. The summed E-state index contributed by atoms with van der Waals surface area (Å²) in [7, 11) is -3.48. The van der Waals surface area contributed by atoms with E-state index in [-0.39, 0.29) is 0 Å². The number of sulfone groups is 1. The van der Waals surface area contributed by atoms with E-state index in [1.807, 2.05) is 6.07 Å². The predicted molar refractivity (Wildman–Crippen MR) is 62.9 cm³/mol. The number of rotatable bonds is 3. The fourth-order valence-electron chi connectivity index (χ4n) is 2.56. The van der Waals surface area contributed by atoms with Gasteiger partial charge in [0.15, 0.2) is 9.84 Å². The molecule has 1 aliphatic rings. The maximum absolute atomic E-state index is 13.1. The van der Waals surface area contributed by atoms with Crippen LogP contribution in [0.2, 0.25) is 0 Å². The zero-order valence-electron chi connectivity index (χ0n) is 9.67. The van der Waals surface area contributed by atoms with Crippen molar-refractivity contribution in [2.45, 2.75) is 11.2 Å². The van der Waals surface area contributed by atoms with Gasteiger partial charge in [0, 0.05) is 12.2 Å². The Hall–Kier alpha value is -1.45. The van der Waals surface area contributed by atoms with Crippen molar-refractivity contribution >= 4 is 9.84 Å². The smallest absolute Gasteiger partial charge is 0.152 e. The van der Waals surface area contributed by atoms with Crippen molar-refractivity contribution in [2.75, 3.05) is 12.9 Å². The average molecular weight is 269 g/mol. The number of hydrogen-bond donors (Lipinski definition) is 1. The standard InChI is InChI=1S/C12H12FNO3S/c1-18(16,17)11-10(12(11,6-14)7-15)8-3-2-4-9(13)5-8/h2-5,10-11,15H,7H2,1H3. The second-order valence-corrected chi connectivity index (χ2v) is 6.76. The van der Waals surface area contributed by atoms with Crippen molar-refractivity contribution in [3.63, 3.8) is 0 Å². The molecule has 1 fully saturated rings. The van der Waals surface area contributed by atoms with Gasteiger partial charge in [-0.25, -0.2) is 12.8 Å². The van der Waals surface area contributed by atoms with Crippen molar-refractivity contribution in [1.82, 2.24) is 0 Å². The van der Waals surface area contributed by atoms with Gasteiger partial charge >= 0.3 is 0 Å². The molecule has 0 aromatic heterocycles. The molecule has 1 aromatic rings. The van der Waals surface area contributed by atoms with Gasteiger partial charge in [-0.2, -0.15) is 5.26 Å². The Balaban J connectivity index is 2.49. The first kappa shape index (κ1) is 13.0. The summed E-state index contributed by atoms with van der Waals surface area (Å²) in [6.45, 7) is -0.553. The van der Waals surface area contributed by atoms with E-state index in [2.05, 4.69) is 0 Å². The van der Waals surface area contributed by atoms with Gasteiger partial charge in [0.2, 0.25) is 0 Å². The molecule has 2 rings (SSSR count). The van der Waals surface area contributed by atoms with Crippen LogP contribution in [0.5, 0.6) is 0 Å². The van der Waals surface area contributed by atoms with Crippen LogP contribution < -0.4 is 0 Å². The maximum Gasteiger partial charge on any atom is 0.152 e. The van der Waals surface area contributed by atoms with Crippen molar-refractivity contribution in [1.29, 1.82) is 5.26 Å². The number of nitriles is 1. The van der Waals surface area contributed by atoms with Gasteiger partial charge in [-0.3, -0.25) is 0 Å². The van der Waals surface area contributed by atoms with Gasteiger partial charge in [0.25, 0.3) is 0 Å². The number of halogens is 1. The predicted octanol–water partition coefficient (Wildman–Crippen LogP) is 0.838. The molecule has 0 spiro atoms. The summed E-state index contributed by atoms with van der Waals surface area (Å²) in [5, 5.41) is 17.5. The molecule has 0 bridgehead atoms. The lowest BCUT2D eigenvalue weighted by Gasteiger charge is -2.03. The molecular formula is C12H12FNO3S. The molecule has 4 nitrogen and oxygen atoms in total. The first-order valence-corrected chi connectivity index (χ1v) is 7.28. The van der Waals surface area contributed by atoms with Crippen molar-refractivity contribution in [2.24, 2.45) is 5.41 Å². The third-order valence-corrected chi connectivity index (χ3v) is 5.01. The number of nitrogens with zero attached hydrogens (tertiary/aromatic N) is 1. The number of aliphatic hydroxyl groups is 1. The first-order valence-electron chi connectivity index (χ1n) is 5.33. The van der Waals surface area contributed by atoms with Gasteiger partial charge in [-0.15, -0.1) is 0 Å². The van der Waals surface area contributed by atoms with E-state index in [0.29, 0.717) is 5.56 Å². The van der Waals surface area contributed by atoms with Crippen LogP contribution in [-0.4, -0.2) is 31.6 Å². The zero-order valence-corrected chi connectivity index (χ0v) is 10.5. The molecule has 3 unspecified atom stereocenters. The van der Waals surface area contributed by atoms with Gasteiger partial charge < -0.3 is 5.11 Å². The van der Waals surface area contributed by atoms with Crippen molar-refractivity contribution < 1.29 is 17.9 Å². The quantitative estimate of drug-likeness (QED) is 0.882. The van der Waals surface area contributed by atoms with Crippen LogP contribution in [0, 0.1) is 22.6 Å². The maximum atomic E-state index is 13.1. The molecule has 6 heteroatoms. The molecule has 0 radical (unpaired) electrons. The van der Waals surface area contributed by atoms with Crippen molar-refractivity contribution in [3.8, 4) is 6.07 Å². The molecule has 1 N–H and O–H groups in total. The number of aliphatic hydroxyl groups excluding tert-OH is 1. The molecule has 3 atom stereocenters. The summed E-state index contributed by atoms with van der Waals surface area (Å²) < 4.78 is 36.4. The Morgan fingerprint density at radius 1 is 1.56 bits per heavy atom. The summed E-state index contributed by atoms with van der Waals surface area (Å²) in [5.41, 5.74) is -0.914. The third-order valence-electron chi connectivity index (χ3n) is 3.40. The molecule has 1 aliphatic carbocycles. The van der Waals surface area contributed by atoms with Crippen LogP contribution >= 0.6 is 0 Å². The Labute approximate surface area is 105 Å². The Kier molecular flexibility index (Phi) is 2.92. The van der Waals surface area contributed by atoms with E-state index < -0.39 is 38.8 Å². The lowest BCUT2D eigenvalue weighted by atomic mass is 10.0. The summed E-state index contributed by atoms with van der Waals surface area (Å²) >= 11 is 0. The third kappa shape index (κ3) is 1.80. The zero-order chi connectivity index (χ0) is 13.6. The molecule has 0 heterocycles. The van der Waals surface area contributed by atoms with Gasteiger partial charge in [0.1, 0.15) is 11.2 Å². The fourth-order valence-corrected chi connectivity index (χ4v) is 4.42. The normalized spacial score (nSPS) is 30.8. The largest absolute Gasteiger partial charge is 0.395 e. The Bertz CT molecular complexity index is 622. The van der Waals surface area contributed by atoms with Gasteiger partial charge in [0.05, 0.1) is 17.9 Å². The summed E-state index contributed by atoms with van der Waals surface area (Å²) in [6.07, 6.45) is 1.03. The van der Waals surface area contributed by atoms with Crippen LogP contribution in [-0.2, 0) is 9.84 Å². The summed E-state index contributed by atoms with van der Waals surface area (Å²) in [5.74, 6) is -1.16. The molecule has 0 saturated heterocycles. The second kappa shape index (κ2) is 4.04. The fraction of sp³-hybridized carbons (Fsp3) is 0.417. The molecule has 1 aromatic carbocycles. The van der Waals surface area contributed by atoms with E-state index in [9.17, 15) is 17.9 Å². The van der Waals surface area contributed by atoms with Crippen LogP contribution in [0.15, 0.2) is 24.3 Å². The SMILES string of the molecule is CS(=O)(=O)C1C(c2cccc(F)c2)C1(C#N)CO. The highest BCUT2D eigenvalue weighted by Gasteiger charge is 2.70. The van der Waals surface area contributed by atoms with E-state index in [1.165, 1.54) is 18.2 Å². The highest BCUT2D eigenvalue weighted by molar-refractivity contribution is 7.91. The van der Waals surface area contributed by atoms with Gasteiger partial charge in [-0.05, 0) is 17.7 Å². The van der Waals surface area contributed by atoms with Gasteiger partial charge in [-0.1, -0.05) is 12.1 Å². The summed E-state index contributed by atoms with van der Waals surface area (Å²) in [6, 6.07) is 7.36. The second-order valence-electron chi connectivity index (χ2n) is 4.59. The Morgan fingerprint density at radius 3 is 2.61 bits per heavy atom. The number of benzene rings is 1. The molecule has 96 valence electrons. The van der Waals surface area contributed by atoms with E-state index in [4.69, 9.17) is 5.26 Å². The van der Waals surface area contributed by atoms with E-state index >= 15 is 0 Å². The molecule has 1 saturated carbocycles. The van der Waals surface area contributed by atoms with Crippen LogP contribution in [0.3, 0.4) is 0 Å².